The lowest BCUT2D eigenvalue weighted by molar-refractivity contribution is -0.384. The zero-order valence-corrected chi connectivity index (χ0v) is 80.8. The average molecular weight is 1990 g/mol. The molecule has 35 nitrogen and oxygen atoms in total. The Balaban J connectivity index is -0.000000824. The van der Waals surface area contributed by atoms with Crippen LogP contribution in [0.25, 0.3) is 11.0 Å². The summed E-state index contributed by atoms with van der Waals surface area (Å²) < 4.78 is 25.2. The highest BCUT2D eigenvalue weighted by Crippen LogP contribution is 2.37. The highest BCUT2D eigenvalue weighted by Gasteiger charge is 2.21. The van der Waals surface area contributed by atoms with Gasteiger partial charge in [0.05, 0.1) is 74.9 Å². The minimum atomic E-state index is -0.503. The molecule has 5 aromatic heterocycles. The molecule has 141 heavy (non-hydrogen) atoms. The van der Waals surface area contributed by atoms with Crippen LogP contribution in [0.1, 0.15) is 174 Å². The van der Waals surface area contributed by atoms with Gasteiger partial charge in [-0.1, -0.05) is 181 Å². The topological polar surface area (TPSA) is 437 Å². The third-order valence-electron chi connectivity index (χ3n) is 19.2. The SMILES string of the molecule is C.C.C.C.C.C.C.C.CC(C)(C)c1cccc(N=C=S)c1.CCN(CC)CC(=O)Nc1cc(Oc2ccc(NC)c(N)c2)ccn1.CCN(CC)CC(=O)Nc1cc(Oc2ccc(NC)c([N+](=O)[O-])c2)ccn1.CCN(CC)CC(=O)Nc1cc(Oc2ccc3c(c2)nc(Nc2cccc(C(C)(C)C)c2)n3C)ccn1.CCNCC.CCO.CNc1ccc(Oc2ccnc(NC(=O)CCl)c2)cc1[N+](=O)[O-]. The molecule has 0 unspecified atom stereocenters. The van der Waals surface area contributed by atoms with Crippen molar-refractivity contribution in [1.29, 1.82) is 0 Å². The number of anilines is 10. The second kappa shape index (κ2) is 69.9. The number of isothiocyanates is 1. The van der Waals surface area contributed by atoms with Gasteiger partial charge in [0.1, 0.15) is 86.5 Å². The van der Waals surface area contributed by atoms with Gasteiger partial charge in [0.25, 0.3) is 11.4 Å². The first-order valence-corrected chi connectivity index (χ1v) is 44.3. The highest BCUT2D eigenvalue weighted by atomic mass is 35.5. The number of likely N-dealkylation sites (N-methyl/N-ethyl adjacent to an activating group) is 3. The number of nitrogens with two attached hydrogens (primary N) is 1. The minimum Gasteiger partial charge on any atom is -0.457 e. The molecule has 6 aromatic carbocycles. The number of fused-ring (bicyclic) bond motifs is 1. The molecule has 0 saturated heterocycles. The first-order valence-electron chi connectivity index (χ1n) is 43.4. The molecule has 776 valence electrons. The van der Waals surface area contributed by atoms with E-state index in [1.807, 2.05) is 130 Å². The number of nitrogens with zero attached hydrogens (tertiary/aromatic N) is 12. The number of thiocarbonyl (C=S) groups is 1. The summed E-state index contributed by atoms with van der Waals surface area (Å²) in [6.07, 6.45) is 6.15. The summed E-state index contributed by atoms with van der Waals surface area (Å²) in [7, 11) is 7.00. The van der Waals surface area contributed by atoms with Crippen molar-refractivity contribution in [3.8, 4) is 46.0 Å². The molecule has 5 heterocycles. The van der Waals surface area contributed by atoms with Crippen LogP contribution < -0.4 is 72.5 Å². The Morgan fingerprint density at radius 1 is 0.468 bits per heavy atom. The van der Waals surface area contributed by atoms with Crippen LogP contribution in [0.5, 0.6) is 46.0 Å². The number of imidazole rings is 1. The van der Waals surface area contributed by atoms with Gasteiger partial charge in [0.15, 0.2) is 0 Å². The van der Waals surface area contributed by atoms with Crippen LogP contribution in [-0.4, -0.2) is 194 Å². The molecule has 0 aliphatic heterocycles. The van der Waals surface area contributed by atoms with E-state index in [1.54, 1.807) is 106 Å². The van der Waals surface area contributed by atoms with Gasteiger partial charge in [-0.15, -0.1) is 11.6 Å². The lowest BCUT2D eigenvalue weighted by atomic mass is 9.87. The number of benzene rings is 6. The van der Waals surface area contributed by atoms with Crippen molar-refractivity contribution >= 4 is 138 Å². The number of aliphatic hydroxyl groups is 1. The maximum atomic E-state index is 12.3. The van der Waals surface area contributed by atoms with Crippen molar-refractivity contribution in [3.63, 3.8) is 0 Å². The van der Waals surface area contributed by atoms with E-state index in [-0.39, 0.29) is 130 Å². The summed E-state index contributed by atoms with van der Waals surface area (Å²) in [6, 6.07) is 49.8. The van der Waals surface area contributed by atoms with Gasteiger partial charge in [-0.05, 0) is 191 Å². The minimum absolute atomic E-state index is 0. The van der Waals surface area contributed by atoms with Gasteiger partial charge in [-0.2, -0.15) is 4.99 Å². The van der Waals surface area contributed by atoms with E-state index in [0.717, 1.165) is 86.4 Å². The van der Waals surface area contributed by atoms with E-state index in [2.05, 4.69) is 170 Å². The van der Waals surface area contributed by atoms with Crippen LogP contribution in [0.4, 0.5) is 74.7 Å². The number of rotatable bonds is 35. The lowest BCUT2D eigenvalue weighted by Crippen LogP contribution is -2.33. The van der Waals surface area contributed by atoms with Crippen LogP contribution in [-0.2, 0) is 37.1 Å². The van der Waals surface area contributed by atoms with E-state index in [1.165, 1.54) is 41.7 Å². The normalized spacial score (nSPS) is 9.99. The summed E-state index contributed by atoms with van der Waals surface area (Å²) in [5.41, 5.74) is 14.4. The number of carbonyl (C=O) groups is 4. The number of aromatic nitrogens is 6. The number of alkyl halides is 1. The van der Waals surface area contributed by atoms with Gasteiger partial charge >= 0.3 is 0 Å². The van der Waals surface area contributed by atoms with E-state index in [0.29, 0.717) is 87.9 Å². The number of hydrogen-bond acceptors (Lipinski definition) is 29. The maximum absolute atomic E-state index is 12.3. The van der Waals surface area contributed by atoms with Crippen molar-refractivity contribution in [3.05, 3.63) is 226 Å². The van der Waals surface area contributed by atoms with Crippen molar-refractivity contribution < 1.29 is 53.1 Å². The molecular weight excluding hydrogens is 1830 g/mol. The largest absolute Gasteiger partial charge is 0.457 e. The van der Waals surface area contributed by atoms with Crippen molar-refractivity contribution in [2.45, 2.75) is 174 Å². The number of hydrogen-bond donors (Lipinski definition) is 11. The molecule has 0 aliphatic carbocycles. The van der Waals surface area contributed by atoms with Crippen molar-refractivity contribution in [2.24, 2.45) is 12.0 Å². The molecule has 12 N–H and O–H groups in total. The molecule has 0 aliphatic rings. The lowest BCUT2D eigenvalue weighted by Gasteiger charge is -2.20. The molecule has 11 rings (SSSR count). The summed E-state index contributed by atoms with van der Waals surface area (Å²) >= 11 is 9.96. The second-order valence-electron chi connectivity index (χ2n) is 30.9. The van der Waals surface area contributed by atoms with Crippen LogP contribution in [0, 0.1) is 20.2 Å². The number of aryl methyl sites for hydroxylation is 1. The number of carbonyl (C=O) groups excluding carboxylic acids is 4. The summed E-state index contributed by atoms with van der Waals surface area (Å²) in [4.78, 5) is 100. The maximum Gasteiger partial charge on any atom is 0.296 e. The van der Waals surface area contributed by atoms with Crippen molar-refractivity contribution in [2.75, 3.05) is 154 Å². The van der Waals surface area contributed by atoms with Gasteiger partial charge in [-0.25, -0.2) is 24.9 Å². The van der Waals surface area contributed by atoms with Gasteiger partial charge in [0.2, 0.25) is 29.6 Å². The predicted molar refractivity (Wildman–Crippen MR) is 591 cm³/mol. The number of ether oxygens (including phenoxy) is 4. The average Bonchev–Trinajstić information content (AvgIpc) is 1.65. The Morgan fingerprint density at radius 2 is 0.794 bits per heavy atom. The predicted octanol–water partition coefficient (Wildman–Crippen LogP) is 24.4. The molecule has 0 bridgehead atoms. The fourth-order valence-electron chi connectivity index (χ4n) is 12.0. The fourth-order valence-corrected chi connectivity index (χ4v) is 12.2. The van der Waals surface area contributed by atoms with Crippen LogP contribution in [0.15, 0.2) is 200 Å². The van der Waals surface area contributed by atoms with E-state index in [4.69, 9.17) is 46.4 Å². The first kappa shape index (κ1) is 133. The Kier molecular flexibility index (Phi) is 66.1. The highest BCUT2D eigenvalue weighted by molar-refractivity contribution is 7.78. The molecule has 4 amide bonds. The molecule has 0 saturated carbocycles. The van der Waals surface area contributed by atoms with Gasteiger partial charge in [0, 0.05) is 102 Å². The van der Waals surface area contributed by atoms with E-state index < -0.39 is 15.8 Å². The van der Waals surface area contributed by atoms with E-state index >= 15 is 0 Å². The smallest absolute Gasteiger partial charge is 0.296 e. The van der Waals surface area contributed by atoms with Crippen LogP contribution >= 0.6 is 23.8 Å². The van der Waals surface area contributed by atoms with Crippen LogP contribution in [0.2, 0.25) is 0 Å². The number of nitrogen functional groups attached to an aromatic ring is 1. The zero-order chi connectivity index (χ0) is 98.2. The molecule has 0 fully saturated rings. The molecule has 0 radical (unpaired) electrons. The number of amides is 4. The number of halogens is 1. The van der Waals surface area contributed by atoms with E-state index in [9.17, 15) is 39.4 Å². The first-order chi connectivity index (χ1) is 63.6. The third-order valence-corrected chi connectivity index (χ3v) is 19.6. The second-order valence-corrected chi connectivity index (χ2v) is 31.3. The van der Waals surface area contributed by atoms with Crippen LogP contribution in [0.3, 0.4) is 0 Å². The number of nitro benzene ring substituents is 2. The molecule has 11 aromatic rings. The Labute approximate surface area is 848 Å². The quantitative estimate of drug-likeness (QED) is 0.00439. The molecule has 0 spiro atoms. The number of aliphatic hydroxyl groups excluding tert-OH is 1. The molecule has 37 heteroatoms. The zero-order valence-electron chi connectivity index (χ0n) is 79.2. The molecular formula is C104H159ClN22O13S. The Hall–Kier alpha value is -13.8. The Bertz CT molecular complexity index is 5590. The fraction of sp³-hybridized carbons (Fsp3) is 0.404. The Morgan fingerprint density at radius 3 is 1.11 bits per heavy atom. The van der Waals surface area contributed by atoms with Crippen molar-refractivity contribution in [1.82, 2.24) is 49.5 Å². The number of nitro groups is 2. The van der Waals surface area contributed by atoms with Gasteiger partial charge in [-0.3, -0.25) is 54.1 Å². The standard InChI is InChI=1S/C29H36N6O2.C18H23N5O4.C18H25N5O2.C14H13ClN4O4.C11H13NS.C4H11N.C2H6O.8CH4/c1-7-35(8-2)19-27(36)33-26-18-23(14-15-30-26)37-22-12-13-25-24(17-22)32-28(34(25)6)31-21-11-9-10-20(16-21)29(3,4)5;1-4-22(5-2)12-18(24)21-17-11-14(8-9-20-17)27-13-6-7-15(19-3)16(10-13)23(25)26;1-4-23(5-2)12-18(24)22-17-11-14(8-9-21-17)25-13-6-7-16(20-3)15(19)10-13;1-16-11-3-2-9(6-12(11)19(21)22)23-10-4-5-17-13(7-10)18-14(20)8-15;1-11(2,3)9-5-4-6-10(7-9)12-8-13;1-3-5-4-2;1-2-3;;;;;;;;/h9-18H,7-8,19H2,1-6H3,(H,31,32)(H,30,33,36);6-11,19H,4-5,12H2,1-3H3,(H,20,21,24);6-11,20H,4-5,12,19H2,1-3H3,(H,21,22,24);2-7,16H,8H2,1H3,(H,17,18,20);4-7H,1-3H3;5H,3-4H2,1-2H3;3H,2H2,1H3;8*1H4. The summed E-state index contributed by atoms with van der Waals surface area (Å²) in [5.74, 6) is 5.13. The monoisotopic (exact) mass is 1990 g/mol. The summed E-state index contributed by atoms with van der Waals surface area (Å²) in [5, 5.41) is 58.0. The van der Waals surface area contributed by atoms with Gasteiger partial charge < -0.3 is 82.2 Å². The number of pyridine rings is 4. The summed E-state index contributed by atoms with van der Waals surface area (Å²) in [6.45, 7) is 39.3. The third kappa shape index (κ3) is 47.1. The molecule has 0 atom stereocenters. The number of aliphatic imine (C=N–C) groups is 1. The number of nitrogens with one attached hydrogen (secondary N) is 9.